The van der Waals surface area contributed by atoms with Gasteiger partial charge in [0.15, 0.2) is 0 Å². The zero-order valence-corrected chi connectivity index (χ0v) is 13.1. The summed E-state index contributed by atoms with van der Waals surface area (Å²) in [5.74, 6) is 0. The van der Waals surface area contributed by atoms with E-state index in [2.05, 4.69) is 72.2 Å². The van der Waals surface area contributed by atoms with E-state index >= 15 is 0 Å². The van der Waals surface area contributed by atoms with E-state index in [1.165, 1.54) is 22.4 Å². The first-order valence-corrected chi connectivity index (χ1v) is 7.68. The fourth-order valence-corrected chi connectivity index (χ4v) is 2.35. The molecule has 1 unspecified atom stereocenters. The van der Waals surface area contributed by atoms with Gasteiger partial charge in [0.25, 0.3) is 0 Å². The normalized spacial score (nSPS) is 17.1. The van der Waals surface area contributed by atoms with Crippen LogP contribution in [0.25, 0.3) is 16.8 Å². The Bertz CT molecular complexity index is 570. The van der Waals surface area contributed by atoms with Crippen molar-refractivity contribution in [2.45, 2.75) is 26.8 Å². The largest absolute Gasteiger partial charge is 0.372 e. The van der Waals surface area contributed by atoms with Crippen molar-refractivity contribution in [3.63, 3.8) is 0 Å². The lowest BCUT2D eigenvalue weighted by atomic mass is 10.0. The Labute approximate surface area is 127 Å². The molecule has 0 fully saturated rings. The van der Waals surface area contributed by atoms with Crippen LogP contribution in [0.3, 0.4) is 0 Å². The molecule has 2 aromatic rings. The molecule has 0 saturated heterocycles. The van der Waals surface area contributed by atoms with Crippen molar-refractivity contribution in [1.82, 2.24) is 10.6 Å². The van der Waals surface area contributed by atoms with Gasteiger partial charge in [-0.3, -0.25) is 5.32 Å². The average molecular weight is 280 g/mol. The predicted octanol–water partition coefficient (Wildman–Crippen LogP) is 4.26. The molecule has 0 amide bonds. The van der Waals surface area contributed by atoms with E-state index in [9.17, 15) is 0 Å². The second-order valence-electron chi connectivity index (χ2n) is 4.87. The molecule has 0 aromatic heterocycles. The summed E-state index contributed by atoms with van der Waals surface area (Å²) in [5, 5.41) is 6.71. The minimum atomic E-state index is 0.421. The van der Waals surface area contributed by atoms with Crippen LogP contribution >= 0.6 is 0 Å². The number of rotatable bonds is 2. The first kappa shape index (κ1) is 15.3. The molecule has 1 aliphatic heterocycles. The van der Waals surface area contributed by atoms with Crippen LogP contribution in [-0.2, 0) is 0 Å². The Morgan fingerprint density at radius 1 is 0.810 bits per heavy atom. The second kappa shape index (κ2) is 7.65. The molecular weight excluding hydrogens is 256 g/mol. The average Bonchev–Trinajstić information content (AvgIpc) is 2.58. The smallest absolute Gasteiger partial charge is 0.0657 e. The van der Waals surface area contributed by atoms with Gasteiger partial charge in [0.05, 0.1) is 6.67 Å². The highest BCUT2D eigenvalue weighted by atomic mass is 15.1. The quantitative estimate of drug-likeness (QED) is 0.859. The molecule has 2 nitrogen and oxygen atoms in total. The third-order valence-corrected chi connectivity index (χ3v) is 3.42. The van der Waals surface area contributed by atoms with Gasteiger partial charge < -0.3 is 5.32 Å². The molecule has 3 rings (SSSR count). The van der Waals surface area contributed by atoms with Crippen molar-refractivity contribution in [3.8, 4) is 11.1 Å². The molecule has 1 aliphatic rings. The standard InChI is InChI=1S/C17H18N2.C2H6/c1-13-11-17(19-12-18-13)16-9-7-15(8-10-16)14-5-3-2-4-6-14;1-2/h2-11,13,18-19H,12H2,1H3;1-2H3. The first-order valence-electron chi connectivity index (χ1n) is 7.68. The lowest BCUT2D eigenvalue weighted by Gasteiger charge is -2.22. The van der Waals surface area contributed by atoms with Crippen molar-refractivity contribution >= 4 is 5.70 Å². The van der Waals surface area contributed by atoms with E-state index in [1.54, 1.807) is 0 Å². The van der Waals surface area contributed by atoms with E-state index in [-0.39, 0.29) is 0 Å². The van der Waals surface area contributed by atoms with Crippen LogP contribution in [0.2, 0.25) is 0 Å². The lowest BCUT2D eigenvalue weighted by molar-refractivity contribution is 0.585. The summed E-state index contributed by atoms with van der Waals surface area (Å²) in [6, 6.07) is 19.6. The molecule has 21 heavy (non-hydrogen) atoms. The molecule has 0 saturated carbocycles. The lowest BCUT2D eigenvalue weighted by Crippen LogP contribution is -2.38. The van der Waals surface area contributed by atoms with Gasteiger partial charge in [0, 0.05) is 11.7 Å². The number of hydrogen-bond donors (Lipinski definition) is 2. The van der Waals surface area contributed by atoms with Crippen molar-refractivity contribution < 1.29 is 0 Å². The van der Waals surface area contributed by atoms with Gasteiger partial charge >= 0.3 is 0 Å². The number of benzene rings is 2. The van der Waals surface area contributed by atoms with Crippen LogP contribution in [0.1, 0.15) is 26.3 Å². The zero-order valence-electron chi connectivity index (χ0n) is 13.1. The Morgan fingerprint density at radius 3 is 2.00 bits per heavy atom. The summed E-state index contributed by atoms with van der Waals surface area (Å²) >= 11 is 0. The van der Waals surface area contributed by atoms with Crippen LogP contribution in [-0.4, -0.2) is 12.7 Å². The Balaban J connectivity index is 0.000000774. The Morgan fingerprint density at radius 2 is 1.38 bits per heavy atom. The Kier molecular flexibility index (Phi) is 5.59. The maximum Gasteiger partial charge on any atom is 0.0657 e. The van der Waals surface area contributed by atoms with Crippen LogP contribution in [0.4, 0.5) is 0 Å². The summed E-state index contributed by atoms with van der Waals surface area (Å²) < 4.78 is 0. The van der Waals surface area contributed by atoms with Crippen LogP contribution in [0, 0.1) is 0 Å². The minimum absolute atomic E-state index is 0.421. The van der Waals surface area contributed by atoms with Crippen LogP contribution in [0.15, 0.2) is 60.7 Å². The molecule has 0 bridgehead atoms. The molecule has 2 aromatic carbocycles. The third kappa shape index (κ3) is 3.96. The van der Waals surface area contributed by atoms with Crippen molar-refractivity contribution in [2.75, 3.05) is 6.67 Å². The van der Waals surface area contributed by atoms with E-state index in [4.69, 9.17) is 0 Å². The monoisotopic (exact) mass is 280 g/mol. The van der Waals surface area contributed by atoms with E-state index in [0.717, 1.165) is 6.67 Å². The van der Waals surface area contributed by atoms with E-state index in [0.29, 0.717) is 6.04 Å². The van der Waals surface area contributed by atoms with Gasteiger partial charge in [-0.05, 0) is 29.7 Å². The molecule has 110 valence electrons. The number of nitrogens with one attached hydrogen (secondary N) is 2. The van der Waals surface area contributed by atoms with Crippen LogP contribution in [0.5, 0.6) is 0 Å². The number of hydrogen-bond acceptors (Lipinski definition) is 2. The summed E-state index contributed by atoms with van der Waals surface area (Å²) in [5.41, 5.74) is 4.97. The first-order chi connectivity index (χ1) is 10.3. The molecule has 0 spiro atoms. The summed E-state index contributed by atoms with van der Waals surface area (Å²) in [6.07, 6.45) is 2.22. The highest BCUT2D eigenvalue weighted by molar-refractivity contribution is 5.70. The summed E-state index contributed by atoms with van der Waals surface area (Å²) in [7, 11) is 0. The third-order valence-electron chi connectivity index (χ3n) is 3.42. The summed E-state index contributed by atoms with van der Waals surface area (Å²) in [4.78, 5) is 0. The highest BCUT2D eigenvalue weighted by Gasteiger charge is 2.09. The van der Waals surface area contributed by atoms with Crippen molar-refractivity contribution in [3.05, 3.63) is 66.2 Å². The van der Waals surface area contributed by atoms with Gasteiger partial charge in [-0.2, -0.15) is 0 Å². The van der Waals surface area contributed by atoms with Gasteiger partial charge in [0.1, 0.15) is 0 Å². The van der Waals surface area contributed by atoms with Crippen molar-refractivity contribution in [1.29, 1.82) is 0 Å². The Hall–Kier alpha value is -2.06. The van der Waals surface area contributed by atoms with Crippen LogP contribution < -0.4 is 10.6 Å². The minimum Gasteiger partial charge on any atom is -0.372 e. The molecule has 2 N–H and O–H groups in total. The fraction of sp³-hybridized carbons (Fsp3) is 0.263. The van der Waals surface area contributed by atoms with E-state index in [1.807, 2.05) is 19.9 Å². The maximum absolute atomic E-state index is 3.38. The molecule has 0 radical (unpaired) electrons. The fourth-order valence-electron chi connectivity index (χ4n) is 2.35. The maximum atomic E-state index is 3.38. The summed E-state index contributed by atoms with van der Waals surface area (Å²) in [6.45, 7) is 6.99. The topological polar surface area (TPSA) is 24.1 Å². The molecular formula is C19H24N2. The predicted molar refractivity (Wildman–Crippen MR) is 91.8 cm³/mol. The highest BCUT2D eigenvalue weighted by Crippen LogP contribution is 2.22. The molecule has 0 aliphatic carbocycles. The zero-order chi connectivity index (χ0) is 15.1. The van der Waals surface area contributed by atoms with Gasteiger partial charge in [-0.15, -0.1) is 0 Å². The van der Waals surface area contributed by atoms with Crippen molar-refractivity contribution in [2.24, 2.45) is 0 Å². The van der Waals surface area contributed by atoms with E-state index < -0.39 is 0 Å². The molecule has 1 heterocycles. The molecule has 1 atom stereocenters. The SMILES string of the molecule is CC.CC1C=C(c2ccc(-c3ccccc3)cc2)NCN1. The second-order valence-corrected chi connectivity index (χ2v) is 4.87. The van der Waals surface area contributed by atoms with Gasteiger partial charge in [-0.25, -0.2) is 0 Å². The molecule has 2 heteroatoms. The van der Waals surface area contributed by atoms with Gasteiger partial charge in [-0.1, -0.05) is 68.4 Å². The van der Waals surface area contributed by atoms with Gasteiger partial charge in [0.2, 0.25) is 0 Å².